The minimum atomic E-state index is 0.428. The normalized spacial score (nSPS) is 16.3. The second kappa shape index (κ2) is 9.87. The Hall–Kier alpha value is -1.47. The third-order valence-corrected chi connectivity index (χ3v) is 5.80. The molecule has 0 radical (unpaired) electrons. The molecule has 1 saturated heterocycles. The molecule has 134 valence electrons. The maximum absolute atomic E-state index is 5.51. The smallest absolute Gasteiger partial charge is 0.166 e. The molecular weight excluding hydrogens is 350 g/mol. The lowest BCUT2D eigenvalue weighted by Gasteiger charge is -2.31. The molecule has 3 N–H and O–H groups in total. The summed E-state index contributed by atoms with van der Waals surface area (Å²) in [6.07, 6.45) is 0.978. The highest BCUT2D eigenvalue weighted by Gasteiger charge is 2.27. The molecule has 6 heteroatoms. The Kier molecular flexibility index (Phi) is 7.23. The van der Waals surface area contributed by atoms with Gasteiger partial charge in [-0.15, -0.1) is 11.3 Å². The quantitative estimate of drug-likeness (QED) is 0.639. The first-order valence-corrected chi connectivity index (χ1v) is 10.1. The summed E-state index contributed by atoms with van der Waals surface area (Å²) in [5.74, 6) is 0. The summed E-state index contributed by atoms with van der Waals surface area (Å²) < 4.78 is 5.51. The zero-order chi connectivity index (χ0) is 17.3. The van der Waals surface area contributed by atoms with Gasteiger partial charge in [-0.05, 0) is 35.6 Å². The number of morpholine rings is 1. The van der Waals surface area contributed by atoms with E-state index in [0.29, 0.717) is 6.04 Å². The molecule has 1 atom stereocenters. The third kappa shape index (κ3) is 5.78. The topological polar surface area (TPSA) is 37.7 Å². The van der Waals surface area contributed by atoms with Crippen LogP contribution in [0, 0.1) is 0 Å². The molecule has 3 rings (SSSR count). The SMILES string of the molecule is S=C(NCCc1ccccc1)NC[C@H](c1cccs1)[NH+]1CCOCC1. The lowest BCUT2D eigenvalue weighted by Crippen LogP contribution is -3.15. The predicted molar refractivity (Wildman–Crippen MR) is 107 cm³/mol. The molecule has 1 aliphatic heterocycles. The zero-order valence-corrected chi connectivity index (χ0v) is 16.0. The number of nitrogens with one attached hydrogen (secondary N) is 3. The molecule has 0 bridgehead atoms. The van der Waals surface area contributed by atoms with Gasteiger partial charge in [-0.3, -0.25) is 0 Å². The molecular formula is C19H26N3OS2+. The Balaban J connectivity index is 1.46. The summed E-state index contributed by atoms with van der Waals surface area (Å²) in [6, 6.07) is 15.3. The van der Waals surface area contributed by atoms with E-state index in [1.807, 2.05) is 17.4 Å². The molecule has 2 aromatic rings. The maximum atomic E-state index is 5.51. The second-order valence-electron chi connectivity index (χ2n) is 6.21. The van der Waals surface area contributed by atoms with Crippen molar-refractivity contribution in [3.8, 4) is 0 Å². The molecule has 4 nitrogen and oxygen atoms in total. The van der Waals surface area contributed by atoms with Gasteiger partial charge in [0.2, 0.25) is 0 Å². The van der Waals surface area contributed by atoms with Crippen molar-refractivity contribution < 1.29 is 9.64 Å². The highest BCUT2D eigenvalue weighted by Crippen LogP contribution is 2.16. The summed E-state index contributed by atoms with van der Waals surface area (Å²) >= 11 is 7.29. The van der Waals surface area contributed by atoms with Crippen molar-refractivity contribution >= 4 is 28.7 Å². The zero-order valence-electron chi connectivity index (χ0n) is 14.4. The molecule has 0 aliphatic carbocycles. The third-order valence-electron chi connectivity index (χ3n) is 4.52. The first-order valence-electron chi connectivity index (χ1n) is 8.84. The summed E-state index contributed by atoms with van der Waals surface area (Å²) in [5.41, 5.74) is 1.33. The fourth-order valence-electron chi connectivity index (χ4n) is 3.14. The highest BCUT2D eigenvalue weighted by molar-refractivity contribution is 7.80. The van der Waals surface area contributed by atoms with Crippen molar-refractivity contribution in [2.24, 2.45) is 0 Å². The molecule has 0 saturated carbocycles. The Morgan fingerprint density at radius 2 is 1.92 bits per heavy atom. The number of quaternary nitrogens is 1. The first-order chi connectivity index (χ1) is 12.3. The number of ether oxygens (including phenoxy) is 1. The number of hydrogen-bond acceptors (Lipinski definition) is 3. The van der Waals surface area contributed by atoms with Crippen LogP contribution < -0.4 is 15.5 Å². The van der Waals surface area contributed by atoms with E-state index in [2.05, 4.69) is 52.4 Å². The van der Waals surface area contributed by atoms with Crippen molar-refractivity contribution in [2.75, 3.05) is 39.4 Å². The number of rotatable bonds is 7. The average Bonchev–Trinajstić information content (AvgIpc) is 3.18. The van der Waals surface area contributed by atoms with Gasteiger partial charge >= 0.3 is 0 Å². The van der Waals surface area contributed by atoms with E-state index in [-0.39, 0.29) is 0 Å². The van der Waals surface area contributed by atoms with Crippen molar-refractivity contribution in [3.63, 3.8) is 0 Å². The van der Waals surface area contributed by atoms with E-state index in [4.69, 9.17) is 17.0 Å². The Bertz CT molecular complexity index is 627. The summed E-state index contributed by atoms with van der Waals surface area (Å²) in [5, 5.41) is 9.64. The van der Waals surface area contributed by atoms with E-state index in [9.17, 15) is 0 Å². The number of benzene rings is 1. The van der Waals surface area contributed by atoms with Crippen molar-refractivity contribution in [3.05, 3.63) is 58.3 Å². The van der Waals surface area contributed by atoms with E-state index < -0.39 is 0 Å². The van der Waals surface area contributed by atoms with Gasteiger partial charge in [0.25, 0.3) is 0 Å². The van der Waals surface area contributed by atoms with Gasteiger partial charge < -0.3 is 20.3 Å². The molecule has 1 aromatic carbocycles. The molecule has 2 heterocycles. The molecule has 0 amide bonds. The average molecular weight is 377 g/mol. The van der Waals surface area contributed by atoms with Gasteiger partial charge in [-0.2, -0.15) is 0 Å². The molecule has 0 unspecified atom stereocenters. The predicted octanol–water partition coefficient (Wildman–Crippen LogP) is 1.41. The van der Waals surface area contributed by atoms with E-state index in [1.165, 1.54) is 10.4 Å². The Morgan fingerprint density at radius 3 is 2.64 bits per heavy atom. The maximum Gasteiger partial charge on any atom is 0.166 e. The van der Waals surface area contributed by atoms with Crippen LogP contribution in [0.1, 0.15) is 16.5 Å². The molecule has 0 spiro atoms. The molecule has 1 fully saturated rings. The van der Waals surface area contributed by atoms with E-state index in [0.717, 1.165) is 50.9 Å². The van der Waals surface area contributed by atoms with Crippen LogP contribution in [-0.4, -0.2) is 44.5 Å². The van der Waals surface area contributed by atoms with Gasteiger partial charge in [0, 0.05) is 6.54 Å². The molecule has 1 aliphatic rings. The monoisotopic (exact) mass is 376 g/mol. The highest BCUT2D eigenvalue weighted by atomic mass is 32.1. The fraction of sp³-hybridized carbons (Fsp3) is 0.421. The standard InChI is InChI=1S/C19H25N3OS2/c24-19(20-9-8-16-5-2-1-3-6-16)21-15-17(18-7-4-14-25-18)22-10-12-23-13-11-22/h1-7,14,17H,8-13,15H2,(H2,20,21,24)/p+1/t17-/m1/s1. The first kappa shape index (κ1) is 18.3. The number of thiophene rings is 1. The van der Waals surface area contributed by atoms with Crippen LogP contribution in [0.25, 0.3) is 0 Å². The Labute approximate surface area is 159 Å². The van der Waals surface area contributed by atoms with Crippen LogP contribution in [0.2, 0.25) is 0 Å². The molecule has 25 heavy (non-hydrogen) atoms. The Morgan fingerprint density at radius 1 is 1.12 bits per heavy atom. The van der Waals surface area contributed by atoms with Crippen LogP contribution >= 0.6 is 23.6 Å². The van der Waals surface area contributed by atoms with Gasteiger partial charge in [-0.25, -0.2) is 0 Å². The number of hydrogen-bond donors (Lipinski definition) is 3. The van der Waals surface area contributed by atoms with Crippen LogP contribution in [0.4, 0.5) is 0 Å². The fourth-order valence-corrected chi connectivity index (χ4v) is 4.21. The largest absolute Gasteiger partial charge is 0.370 e. The van der Waals surface area contributed by atoms with Crippen LogP contribution in [0.5, 0.6) is 0 Å². The van der Waals surface area contributed by atoms with Gasteiger partial charge in [0.1, 0.15) is 19.1 Å². The van der Waals surface area contributed by atoms with Crippen molar-refractivity contribution in [2.45, 2.75) is 12.5 Å². The minimum absolute atomic E-state index is 0.428. The van der Waals surface area contributed by atoms with Gasteiger partial charge in [0.15, 0.2) is 5.11 Å². The van der Waals surface area contributed by atoms with Crippen LogP contribution in [0.15, 0.2) is 47.8 Å². The lowest BCUT2D eigenvalue weighted by atomic mass is 10.1. The summed E-state index contributed by atoms with van der Waals surface area (Å²) in [4.78, 5) is 2.99. The molecule has 1 aromatic heterocycles. The van der Waals surface area contributed by atoms with E-state index in [1.54, 1.807) is 4.90 Å². The lowest BCUT2D eigenvalue weighted by molar-refractivity contribution is -0.937. The van der Waals surface area contributed by atoms with Crippen LogP contribution in [0.3, 0.4) is 0 Å². The van der Waals surface area contributed by atoms with Crippen LogP contribution in [-0.2, 0) is 11.2 Å². The van der Waals surface area contributed by atoms with Crippen molar-refractivity contribution in [1.29, 1.82) is 0 Å². The summed E-state index contributed by atoms with van der Waals surface area (Å²) in [6.45, 7) is 5.50. The minimum Gasteiger partial charge on any atom is -0.370 e. The van der Waals surface area contributed by atoms with E-state index >= 15 is 0 Å². The number of thiocarbonyl (C=S) groups is 1. The van der Waals surface area contributed by atoms with Gasteiger partial charge in [-0.1, -0.05) is 36.4 Å². The summed E-state index contributed by atoms with van der Waals surface area (Å²) in [7, 11) is 0. The van der Waals surface area contributed by atoms with Gasteiger partial charge in [0.05, 0.1) is 24.6 Å². The second-order valence-corrected chi connectivity index (χ2v) is 7.60. The van der Waals surface area contributed by atoms with Crippen molar-refractivity contribution in [1.82, 2.24) is 10.6 Å².